The lowest BCUT2D eigenvalue weighted by Crippen LogP contribution is -2.56. The summed E-state index contributed by atoms with van der Waals surface area (Å²) in [5.74, 6) is -0.0401. The molecule has 2 aromatic heterocycles. The van der Waals surface area contributed by atoms with Gasteiger partial charge in [-0.1, -0.05) is 31.0 Å². The summed E-state index contributed by atoms with van der Waals surface area (Å²) in [4.78, 5) is 36.7. The number of imide groups is 1. The second kappa shape index (κ2) is 11.9. The molecule has 0 aliphatic heterocycles. The molecular formula is C31H40FN5O4. The third kappa shape index (κ3) is 7.83. The molecule has 1 fully saturated rings. The van der Waals surface area contributed by atoms with Crippen LogP contribution in [0.2, 0.25) is 0 Å². The number of halogens is 1. The van der Waals surface area contributed by atoms with Gasteiger partial charge >= 0.3 is 12.2 Å². The number of amides is 2. The molecule has 2 atom stereocenters. The Labute approximate surface area is 240 Å². The minimum Gasteiger partial charge on any atom is -0.443 e. The van der Waals surface area contributed by atoms with Gasteiger partial charge in [-0.3, -0.25) is 4.98 Å². The van der Waals surface area contributed by atoms with E-state index in [-0.39, 0.29) is 5.82 Å². The van der Waals surface area contributed by atoms with Gasteiger partial charge in [0.05, 0.1) is 23.4 Å². The fourth-order valence-electron chi connectivity index (χ4n) is 4.82. The molecule has 1 aliphatic rings. The van der Waals surface area contributed by atoms with E-state index in [2.05, 4.69) is 20.6 Å². The third-order valence-corrected chi connectivity index (χ3v) is 6.58. The lowest BCUT2D eigenvalue weighted by Gasteiger charge is -2.40. The number of ether oxygens (including phenoxy) is 2. The molecule has 0 unspecified atom stereocenters. The number of pyridine rings is 2. The number of nitrogens with one attached hydrogen (secondary N) is 2. The van der Waals surface area contributed by atoms with Crippen LogP contribution in [0.25, 0.3) is 10.9 Å². The van der Waals surface area contributed by atoms with Gasteiger partial charge in [-0.15, -0.1) is 0 Å². The molecule has 1 saturated carbocycles. The predicted molar refractivity (Wildman–Crippen MR) is 158 cm³/mol. The number of carbonyl (C=O) groups is 2. The maximum absolute atomic E-state index is 15.3. The van der Waals surface area contributed by atoms with Gasteiger partial charge in [0.15, 0.2) is 11.6 Å². The first-order chi connectivity index (χ1) is 19.2. The van der Waals surface area contributed by atoms with Crippen molar-refractivity contribution in [2.45, 2.75) is 97.4 Å². The van der Waals surface area contributed by atoms with E-state index in [0.29, 0.717) is 29.9 Å². The van der Waals surface area contributed by atoms with Crippen LogP contribution in [0.1, 0.15) is 72.8 Å². The summed E-state index contributed by atoms with van der Waals surface area (Å²) in [6.07, 6.45) is 2.85. The molecule has 41 heavy (non-hydrogen) atoms. The number of benzene rings is 1. The van der Waals surface area contributed by atoms with Crippen molar-refractivity contribution in [2.24, 2.45) is 0 Å². The highest BCUT2D eigenvalue weighted by Crippen LogP contribution is 2.31. The van der Waals surface area contributed by atoms with E-state index in [1.54, 1.807) is 54.7 Å². The molecule has 220 valence electrons. The normalized spacial score (nSPS) is 17.6. The molecule has 3 aromatic rings. The average molecular weight is 566 g/mol. The SMILES string of the molecule is Cc1cc(F)c(N[C@@H]2CCCC[C@@H]2N(C(=O)OC(C)(C)C)C(=O)OC(C)(C)C)nc1Nc1cnc2ccccc2c1. The van der Waals surface area contributed by atoms with Gasteiger partial charge < -0.3 is 20.1 Å². The highest BCUT2D eigenvalue weighted by Gasteiger charge is 2.41. The maximum atomic E-state index is 15.3. The number of carbonyl (C=O) groups excluding carboxylic acids is 2. The van der Waals surface area contributed by atoms with Crippen LogP contribution in [0.3, 0.4) is 0 Å². The van der Waals surface area contributed by atoms with Crippen molar-refractivity contribution >= 4 is 40.4 Å². The molecule has 4 rings (SSSR count). The first-order valence-corrected chi connectivity index (χ1v) is 14.0. The molecule has 10 heteroatoms. The van der Waals surface area contributed by atoms with Crippen LogP contribution in [-0.2, 0) is 9.47 Å². The maximum Gasteiger partial charge on any atom is 0.420 e. The summed E-state index contributed by atoms with van der Waals surface area (Å²) < 4.78 is 26.5. The van der Waals surface area contributed by atoms with Gasteiger partial charge in [0.25, 0.3) is 0 Å². The average Bonchev–Trinajstić information content (AvgIpc) is 2.86. The third-order valence-electron chi connectivity index (χ3n) is 6.58. The zero-order valence-electron chi connectivity index (χ0n) is 24.9. The Morgan fingerprint density at radius 3 is 2.24 bits per heavy atom. The summed E-state index contributed by atoms with van der Waals surface area (Å²) in [7, 11) is 0. The van der Waals surface area contributed by atoms with Crippen molar-refractivity contribution < 1.29 is 23.5 Å². The van der Waals surface area contributed by atoms with E-state index in [9.17, 15) is 9.59 Å². The first-order valence-electron chi connectivity index (χ1n) is 14.0. The van der Waals surface area contributed by atoms with Crippen molar-refractivity contribution in [3.63, 3.8) is 0 Å². The Morgan fingerprint density at radius 1 is 0.951 bits per heavy atom. The van der Waals surface area contributed by atoms with E-state index in [0.717, 1.165) is 28.6 Å². The zero-order valence-corrected chi connectivity index (χ0v) is 24.9. The highest BCUT2D eigenvalue weighted by molar-refractivity contribution is 5.89. The largest absolute Gasteiger partial charge is 0.443 e. The zero-order chi connectivity index (χ0) is 29.9. The van der Waals surface area contributed by atoms with Crippen LogP contribution in [0.5, 0.6) is 0 Å². The summed E-state index contributed by atoms with van der Waals surface area (Å²) in [5, 5.41) is 7.41. The van der Waals surface area contributed by atoms with Crippen LogP contribution in [0.4, 0.5) is 31.3 Å². The first kappa shape index (κ1) is 30.0. The number of fused-ring (bicyclic) bond motifs is 1. The van der Waals surface area contributed by atoms with Gasteiger partial charge in [0, 0.05) is 11.4 Å². The predicted octanol–water partition coefficient (Wildman–Crippen LogP) is 7.72. The standard InChI is InChI=1S/C31H40FN5O4/c1-19-16-22(32)27(36-26(19)34-21-17-20-12-8-9-13-23(20)33-18-21)35-24-14-10-11-15-25(24)37(28(38)40-30(2,3)4)29(39)41-31(5,6)7/h8-9,12-13,16-18,24-25H,10-11,14-15H2,1-7H3,(H2,34,35,36)/t24-,25+/m1/s1. The summed E-state index contributed by atoms with van der Waals surface area (Å²) in [6.45, 7) is 12.2. The molecular weight excluding hydrogens is 525 g/mol. The second-order valence-corrected chi connectivity index (χ2v) is 12.5. The van der Waals surface area contributed by atoms with E-state index in [1.165, 1.54) is 6.07 Å². The van der Waals surface area contributed by atoms with Gasteiger partial charge in [0.1, 0.15) is 17.0 Å². The number of anilines is 3. The highest BCUT2D eigenvalue weighted by atomic mass is 19.1. The van der Waals surface area contributed by atoms with Crippen molar-refractivity contribution in [1.82, 2.24) is 14.9 Å². The van der Waals surface area contributed by atoms with Crippen molar-refractivity contribution in [2.75, 3.05) is 10.6 Å². The number of hydrogen-bond donors (Lipinski definition) is 2. The Bertz CT molecular complexity index is 1390. The van der Waals surface area contributed by atoms with Gasteiger partial charge in [-0.2, -0.15) is 0 Å². The van der Waals surface area contributed by atoms with Gasteiger partial charge in [-0.05, 0) is 85.1 Å². The van der Waals surface area contributed by atoms with Gasteiger partial charge in [-0.25, -0.2) is 23.9 Å². The quantitative estimate of drug-likeness (QED) is 0.324. The fourth-order valence-corrected chi connectivity index (χ4v) is 4.82. The smallest absolute Gasteiger partial charge is 0.420 e. The number of rotatable bonds is 5. The Kier molecular flexibility index (Phi) is 8.70. The molecule has 2 N–H and O–H groups in total. The Hall–Kier alpha value is -3.95. The van der Waals surface area contributed by atoms with E-state index in [1.807, 2.05) is 30.3 Å². The Morgan fingerprint density at radius 2 is 1.59 bits per heavy atom. The van der Waals surface area contributed by atoms with E-state index < -0.39 is 41.3 Å². The molecule has 2 amide bonds. The second-order valence-electron chi connectivity index (χ2n) is 12.5. The van der Waals surface area contributed by atoms with Crippen LogP contribution in [0.15, 0.2) is 42.6 Å². The lowest BCUT2D eigenvalue weighted by atomic mass is 9.89. The Balaban J connectivity index is 1.62. The molecule has 9 nitrogen and oxygen atoms in total. The van der Waals surface area contributed by atoms with E-state index >= 15 is 4.39 Å². The summed E-state index contributed by atoms with van der Waals surface area (Å²) in [6, 6.07) is 10.0. The van der Waals surface area contributed by atoms with Crippen LogP contribution < -0.4 is 10.6 Å². The number of aromatic nitrogens is 2. The summed E-state index contributed by atoms with van der Waals surface area (Å²) in [5.41, 5.74) is 0.557. The molecule has 2 heterocycles. The van der Waals surface area contributed by atoms with Crippen molar-refractivity contribution in [3.8, 4) is 0 Å². The molecule has 0 bridgehead atoms. The number of hydrogen-bond acceptors (Lipinski definition) is 8. The molecule has 1 aromatic carbocycles. The number of nitrogens with zero attached hydrogens (tertiary/aromatic N) is 3. The molecule has 1 aliphatic carbocycles. The minimum atomic E-state index is -0.822. The van der Waals surface area contributed by atoms with Crippen LogP contribution in [0, 0.1) is 12.7 Å². The van der Waals surface area contributed by atoms with Crippen LogP contribution in [-0.4, -0.2) is 50.3 Å². The van der Waals surface area contributed by atoms with Crippen molar-refractivity contribution in [1.29, 1.82) is 0 Å². The number of aryl methyl sites for hydroxylation is 1. The van der Waals surface area contributed by atoms with Gasteiger partial charge in [0.2, 0.25) is 0 Å². The lowest BCUT2D eigenvalue weighted by molar-refractivity contribution is -0.0119. The summed E-state index contributed by atoms with van der Waals surface area (Å²) >= 11 is 0. The fraction of sp³-hybridized carbons (Fsp3) is 0.484. The molecule has 0 spiro atoms. The van der Waals surface area contributed by atoms with E-state index in [4.69, 9.17) is 9.47 Å². The molecule has 0 saturated heterocycles. The van der Waals surface area contributed by atoms with Crippen LogP contribution >= 0.6 is 0 Å². The monoisotopic (exact) mass is 565 g/mol. The molecule has 0 radical (unpaired) electrons. The minimum absolute atomic E-state index is 0.0251. The number of para-hydroxylation sites is 1. The van der Waals surface area contributed by atoms with Crippen molar-refractivity contribution in [3.05, 3.63) is 54.0 Å². The topological polar surface area (TPSA) is 106 Å².